The maximum atomic E-state index is 15.4. The van der Waals surface area contributed by atoms with Gasteiger partial charge in [0.1, 0.15) is 22.7 Å². The van der Waals surface area contributed by atoms with E-state index in [4.69, 9.17) is 22.3 Å². The summed E-state index contributed by atoms with van der Waals surface area (Å²) in [5, 5.41) is 2.88. The van der Waals surface area contributed by atoms with E-state index in [1.165, 1.54) is 55.8 Å². The Morgan fingerprint density at radius 2 is 1.79 bits per heavy atom. The molecule has 0 radical (unpaired) electrons. The standard InChI is InChI=1S/C28H22F2N4O5/c1-38-24-12-21-17(11-18(24)25(31)35)22(8-9-33-21)39-23-7-2-14(10-20(23)30)19-13-28(19,26(32)36)27(37)34-16-5-3-15(29)4-6-16/h2-12,19H,13H2,1H3,(H2,31,35)(H2,32,36)(H,34,37)/i10D. The maximum absolute atomic E-state index is 15.4. The van der Waals surface area contributed by atoms with Crippen LogP contribution in [0.3, 0.4) is 0 Å². The Labute approximate surface area is 222 Å². The number of primary amides is 2. The summed E-state index contributed by atoms with van der Waals surface area (Å²) < 4.78 is 48.0. The maximum Gasteiger partial charge on any atom is 0.252 e. The molecule has 9 nitrogen and oxygen atoms in total. The number of aromatic nitrogens is 1. The first kappa shape index (κ1) is 24.3. The molecule has 1 aliphatic carbocycles. The lowest BCUT2D eigenvalue weighted by molar-refractivity contribution is -0.132. The van der Waals surface area contributed by atoms with Crippen molar-refractivity contribution in [2.24, 2.45) is 16.9 Å². The van der Waals surface area contributed by atoms with Gasteiger partial charge in [-0.25, -0.2) is 8.78 Å². The number of carbonyl (C=O) groups excluding carboxylic acids is 3. The molecular formula is C28H22F2N4O5. The van der Waals surface area contributed by atoms with E-state index in [-0.39, 0.29) is 40.5 Å². The molecule has 0 saturated heterocycles. The second-order valence-corrected chi connectivity index (χ2v) is 8.99. The number of hydrogen-bond acceptors (Lipinski definition) is 6. The minimum absolute atomic E-state index is 0.0341. The second kappa shape index (κ2) is 9.67. The van der Waals surface area contributed by atoms with E-state index in [0.717, 1.165) is 12.1 Å². The van der Waals surface area contributed by atoms with Crippen molar-refractivity contribution in [3.05, 3.63) is 89.6 Å². The molecule has 4 aromatic rings. The highest BCUT2D eigenvalue weighted by atomic mass is 19.1. The van der Waals surface area contributed by atoms with Gasteiger partial charge in [0.15, 0.2) is 11.6 Å². The number of nitrogens with two attached hydrogens (primary N) is 2. The zero-order valence-electron chi connectivity index (χ0n) is 21.5. The minimum Gasteiger partial charge on any atom is -0.496 e. The van der Waals surface area contributed by atoms with Crippen molar-refractivity contribution in [1.29, 1.82) is 0 Å². The van der Waals surface area contributed by atoms with Crippen LogP contribution in [-0.4, -0.2) is 29.8 Å². The SMILES string of the molecule is [2H]c1c(C2CC2(C(N)=O)C(=O)Nc2ccc(F)cc2)ccc(Oc2ccnc3cc(OC)c(C(N)=O)cc23)c1F. The number of halogens is 2. The van der Waals surface area contributed by atoms with Crippen LogP contribution in [0.15, 0.2) is 66.8 Å². The van der Waals surface area contributed by atoms with Gasteiger partial charge in [-0.1, -0.05) is 6.07 Å². The van der Waals surface area contributed by atoms with Crippen LogP contribution in [0.5, 0.6) is 17.2 Å². The lowest BCUT2D eigenvalue weighted by Gasteiger charge is -2.15. The third-order valence-corrected chi connectivity index (χ3v) is 6.68. The highest BCUT2D eigenvalue weighted by Gasteiger charge is 2.65. The number of ether oxygens (including phenoxy) is 2. The van der Waals surface area contributed by atoms with E-state index in [1.807, 2.05) is 0 Å². The van der Waals surface area contributed by atoms with E-state index in [2.05, 4.69) is 10.3 Å². The van der Waals surface area contributed by atoms with Crippen molar-refractivity contribution in [2.45, 2.75) is 12.3 Å². The van der Waals surface area contributed by atoms with Crippen LogP contribution in [0.2, 0.25) is 0 Å². The van der Waals surface area contributed by atoms with Gasteiger partial charge in [0, 0.05) is 29.3 Å². The third-order valence-electron chi connectivity index (χ3n) is 6.68. The Hall–Kier alpha value is -5.06. The van der Waals surface area contributed by atoms with Crippen molar-refractivity contribution < 1.29 is 34.0 Å². The summed E-state index contributed by atoms with van der Waals surface area (Å²) in [6.07, 6.45) is 1.38. The number of methoxy groups -OCH3 is 1. The molecule has 0 aliphatic heterocycles. The van der Waals surface area contributed by atoms with Crippen LogP contribution in [-0.2, 0) is 9.59 Å². The zero-order chi connectivity index (χ0) is 28.8. The molecule has 2 unspecified atom stereocenters. The van der Waals surface area contributed by atoms with E-state index < -0.39 is 46.7 Å². The number of rotatable bonds is 8. The van der Waals surface area contributed by atoms with Crippen molar-refractivity contribution in [3.63, 3.8) is 0 Å². The molecule has 0 bridgehead atoms. The lowest BCUT2D eigenvalue weighted by Crippen LogP contribution is -2.37. The van der Waals surface area contributed by atoms with Gasteiger partial charge in [-0.05, 0) is 60.5 Å². The molecule has 1 saturated carbocycles. The van der Waals surface area contributed by atoms with Gasteiger partial charge in [-0.3, -0.25) is 19.4 Å². The van der Waals surface area contributed by atoms with Gasteiger partial charge >= 0.3 is 0 Å². The number of nitrogens with one attached hydrogen (secondary N) is 1. The van der Waals surface area contributed by atoms with E-state index in [9.17, 15) is 18.8 Å². The summed E-state index contributed by atoms with van der Waals surface area (Å²) in [4.78, 5) is 41.5. The number of benzene rings is 3. The number of nitrogens with zero attached hydrogens (tertiary/aromatic N) is 1. The first-order valence-electron chi connectivity index (χ1n) is 12.2. The second-order valence-electron chi connectivity index (χ2n) is 8.99. The Morgan fingerprint density at radius 3 is 2.46 bits per heavy atom. The Kier molecular flexibility index (Phi) is 6.02. The van der Waals surface area contributed by atoms with Crippen LogP contribution in [0.25, 0.3) is 10.9 Å². The molecule has 1 fully saturated rings. The van der Waals surface area contributed by atoms with Crippen molar-refractivity contribution in [2.75, 3.05) is 12.4 Å². The summed E-state index contributed by atoms with van der Waals surface area (Å²) in [5.74, 6) is -4.76. The summed E-state index contributed by atoms with van der Waals surface area (Å²) in [6, 6.07) is 11.4. The number of pyridine rings is 1. The molecule has 11 heteroatoms. The fourth-order valence-electron chi connectivity index (χ4n) is 4.52. The fraction of sp³-hybridized carbons (Fsp3) is 0.143. The normalized spacial score (nSPS) is 18.2. The topological polar surface area (TPSA) is 147 Å². The van der Waals surface area contributed by atoms with Crippen LogP contribution >= 0.6 is 0 Å². The van der Waals surface area contributed by atoms with E-state index in [1.54, 1.807) is 0 Å². The molecule has 1 aromatic heterocycles. The van der Waals surface area contributed by atoms with E-state index >= 15 is 4.39 Å². The van der Waals surface area contributed by atoms with Gasteiger partial charge < -0.3 is 26.3 Å². The number of anilines is 1. The quantitative estimate of drug-likeness (QED) is 0.292. The summed E-state index contributed by atoms with van der Waals surface area (Å²) >= 11 is 0. The molecular weight excluding hydrogens is 510 g/mol. The van der Waals surface area contributed by atoms with Crippen LogP contribution in [0.1, 0.15) is 29.6 Å². The highest BCUT2D eigenvalue weighted by Crippen LogP contribution is 2.60. The molecule has 5 rings (SSSR count). The molecule has 1 heterocycles. The zero-order valence-corrected chi connectivity index (χ0v) is 20.5. The minimum atomic E-state index is -1.70. The molecule has 0 spiro atoms. The molecule has 5 N–H and O–H groups in total. The van der Waals surface area contributed by atoms with E-state index in [0.29, 0.717) is 10.9 Å². The molecule has 39 heavy (non-hydrogen) atoms. The Morgan fingerprint density at radius 1 is 1.05 bits per heavy atom. The largest absolute Gasteiger partial charge is 0.496 e. The third kappa shape index (κ3) is 4.58. The number of amides is 3. The van der Waals surface area contributed by atoms with Crippen molar-refractivity contribution in [1.82, 2.24) is 4.98 Å². The summed E-state index contributed by atoms with van der Waals surface area (Å²) in [5.41, 5.74) is 10.1. The van der Waals surface area contributed by atoms with Gasteiger partial charge in [0.05, 0.1) is 19.6 Å². The summed E-state index contributed by atoms with van der Waals surface area (Å²) in [6.45, 7) is 0. The predicted molar refractivity (Wildman–Crippen MR) is 137 cm³/mol. The van der Waals surface area contributed by atoms with Gasteiger partial charge in [-0.15, -0.1) is 0 Å². The Balaban J connectivity index is 1.45. The highest BCUT2D eigenvalue weighted by molar-refractivity contribution is 6.14. The number of hydrogen-bond donors (Lipinski definition) is 3. The van der Waals surface area contributed by atoms with Gasteiger partial charge in [0.25, 0.3) is 5.91 Å². The summed E-state index contributed by atoms with van der Waals surface area (Å²) in [7, 11) is 1.37. The molecule has 1 aliphatic rings. The lowest BCUT2D eigenvalue weighted by atomic mass is 9.96. The average Bonchev–Trinajstić information content (AvgIpc) is 3.69. The first-order valence-corrected chi connectivity index (χ1v) is 11.7. The van der Waals surface area contributed by atoms with Crippen molar-refractivity contribution >= 4 is 34.3 Å². The smallest absolute Gasteiger partial charge is 0.252 e. The number of fused-ring (bicyclic) bond motifs is 1. The van der Waals surface area contributed by atoms with Crippen LogP contribution in [0, 0.1) is 17.0 Å². The Bertz CT molecular complexity index is 1700. The monoisotopic (exact) mass is 533 g/mol. The molecule has 3 amide bonds. The van der Waals surface area contributed by atoms with Crippen LogP contribution in [0.4, 0.5) is 14.5 Å². The fourth-order valence-corrected chi connectivity index (χ4v) is 4.52. The molecule has 3 aromatic carbocycles. The first-order chi connectivity index (χ1) is 19.1. The van der Waals surface area contributed by atoms with Crippen molar-refractivity contribution in [3.8, 4) is 17.2 Å². The predicted octanol–water partition coefficient (Wildman–Crippen LogP) is 4.01. The van der Waals surface area contributed by atoms with Gasteiger partial charge in [0.2, 0.25) is 11.8 Å². The molecule has 198 valence electrons. The average molecular weight is 534 g/mol. The molecule has 2 atom stereocenters. The number of carbonyl (C=O) groups is 3. The van der Waals surface area contributed by atoms with Crippen LogP contribution < -0.4 is 26.3 Å². The van der Waals surface area contributed by atoms with Gasteiger partial charge in [-0.2, -0.15) is 0 Å².